The quantitative estimate of drug-likeness (QED) is 0.430. The fourth-order valence-electron chi connectivity index (χ4n) is 6.66. The monoisotopic (exact) mass is 543 g/mol. The number of hydrogen-bond donors (Lipinski definition) is 1. The number of piperidine rings is 1. The van der Waals surface area contributed by atoms with Crippen molar-refractivity contribution in [3.63, 3.8) is 0 Å². The van der Waals surface area contributed by atoms with Crippen LogP contribution in [0.15, 0.2) is 47.2 Å². The molecule has 0 spiro atoms. The van der Waals surface area contributed by atoms with Crippen molar-refractivity contribution in [3.8, 4) is 11.4 Å². The standard InChI is InChI=1S/C32H41N5O3/c1-21(2)24-7-9-27(10-8-24)32(39,31(4)19-36(20-31)18-23-5-6-23)28-15-26(16-33-17-28)29-34-30(40-35-29)25-11-13-37(14-12-25)22(3)38/h7-10,15-17,21,23,25,39H,5-6,11-14,18-20H2,1-4H3. The zero-order valence-electron chi connectivity index (χ0n) is 24.1. The summed E-state index contributed by atoms with van der Waals surface area (Å²) in [6.45, 7) is 12.4. The molecule has 3 aliphatic rings. The maximum atomic E-state index is 12.7. The molecule has 8 heteroatoms. The van der Waals surface area contributed by atoms with Crippen LogP contribution in [0.1, 0.15) is 87.8 Å². The van der Waals surface area contributed by atoms with Crippen LogP contribution in [0.5, 0.6) is 0 Å². The lowest BCUT2D eigenvalue weighted by molar-refractivity contribution is -0.136. The fraction of sp³-hybridized carbons (Fsp3) is 0.562. The lowest BCUT2D eigenvalue weighted by Crippen LogP contribution is -2.65. The van der Waals surface area contributed by atoms with E-state index in [0.29, 0.717) is 30.7 Å². The number of benzene rings is 1. The minimum atomic E-state index is -1.22. The van der Waals surface area contributed by atoms with Crippen molar-refractivity contribution in [2.75, 3.05) is 32.7 Å². The second-order valence-electron chi connectivity index (χ2n) is 12.9. The number of aromatic nitrogens is 3. The molecule has 4 heterocycles. The van der Waals surface area contributed by atoms with Gasteiger partial charge >= 0.3 is 0 Å². The third-order valence-electron chi connectivity index (χ3n) is 9.37. The van der Waals surface area contributed by atoms with Crippen molar-refractivity contribution < 1.29 is 14.4 Å². The van der Waals surface area contributed by atoms with E-state index in [1.54, 1.807) is 19.3 Å². The molecule has 6 rings (SSSR count). The molecule has 0 bridgehead atoms. The summed E-state index contributed by atoms with van der Waals surface area (Å²) >= 11 is 0. The second kappa shape index (κ2) is 10.4. The molecule has 1 unspecified atom stereocenters. The van der Waals surface area contributed by atoms with E-state index in [1.165, 1.54) is 18.4 Å². The van der Waals surface area contributed by atoms with E-state index < -0.39 is 5.60 Å². The van der Waals surface area contributed by atoms with Crippen molar-refractivity contribution in [1.29, 1.82) is 0 Å². The van der Waals surface area contributed by atoms with E-state index >= 15 is 0 Å². The van der Waals surface area contributed by atoms with Gasteiger partial charge in [-0.2, -0.15) is 4.98 Å². The van der Waals surface area contributed by atoms with Gasteiger partial charge in [-0.05, 0) is 54.7 Å². The Kier molecular flexibility index (Phi) is 7.03. The molecular formula is C32H41N5O3. The maximum absolute atomic E-state index is 12.7. The summed E-state index contributed by atoms with van der Waals surface area (Å²) in [7, 11) is 0. The number of rotatable bonds is 8. The Morgan fingerprint density at radius 1 is 1.10 bits per heavy atom. The number of likely N-dealkylation sites (tertiary alicyclic amines) is 2. The minimum absolute atomic E-state index is 0.106. The lowest BCUT2D eigenvalue weighted by Gasteiger charge is -2.57. The van der Waals surface area contributed by atoms with Crippen molar-refractivity contribution in [2.45, 2.75) is 70.8 Å². The molecule has 2 saturated heterocycles. The zero-order chi connectivity index (χ0) is 28.1. The van der Waals surface area contributed by atoms with Gasteiger partial charge in [-0.3, -0.25) is 9.78 Å². The van der Waals surface area contributed by atoms with Gasteiger partial charge in [0.25, 0.3) is 0 Å². The SMILES string of the molecule is CC(=O)N1CCC(c2nc(-c3cncc(C(O)(c4ccc(C(C)C)cc4)C4(C)CN(CC5CC5)C4)c3)no2)CC1. The number of carbonyl (C=O) groups is 1. The first-order valence-corrected chi connectivity index (χ1v) is 14.8. The van der Waals surface area contributed by atoms with E-state index in [4.69, 9.17) is 9.51 Å². The topological polar surface area (TPSA) is 95.6 Å². The number of hydrogen-bond acceptors (Lipinski definition) is 7. The summed E-state index contributed by atoms with van der Waals surface area (Å²) in [4.78, 5) is 25.3. The Hall–Kier alpha value is -3.10. The minimum Gasteiger partial charge on any atom is -0.380 e. The molecule has 0 radical (unpaired) electrons. The summed E-state index contributed by atoms with van der Waals surface area (Å²) in [6.07, 6.45) is 7.78. The maximum Gasteiger partial charge on any atom is 0.230 e. The van der Waals surface area contributed by atoms with Crippen LogP contribution in [-0.2, 0) is 10.4 Å². The van der Waals surface area contributed by atoms with Crippen LogP contribution >= 0.6 is 0 Å². The van der Waals surface area contributed by atoms with Crippen molar-refractivity contribution in [1.82, 2.24) is 24.9 Å². The molecule has 8 nitrogen and oxygen atoms in total. The van der Waals surface area contributed by atoms with Crippen molar-refractivity contribution in [2.24, 2.45) is 11.3 Å². The van der Waals surface area contributed by atoms with Crippen LogP contribution in [0.2, 0.25) is 0 Å². The van der Waals surface area contributed by atoms with Crippen LogP contribution in [0.25, 0.3) is 11.4 Å². The Morgan fingerprint density at radius 2 is 1.80 bits per heavy atom. The van der Waals surface area contributed by atoms with Gasteiger partial charge in [0.2, 0.25) is 17.6 Å². The van der Waals surface area contributed by atoms with Crippen LogP contribution in [-0.4, -0.2) is 68.7 Å². The van der Waals surface area contributed by atoms with E-state index in [9.17, 15) is 9.90 Å². The smallest absolute Gasteiger partial charge is 0.230 e. The molecule has 40 heavy (non-hydrogen) atoms. The molecular weight excluding hydrogens is 502 g/mol. The van der Waals surface area contributed by atoms with Crippen molar-refractivity contribution >= 4 is 5.91 Å². The largest absolute Gasteiger partial charge is 0.380 e. The van der Waals surface area contributed by atoms with Gasteiger partial charge in [-0.25, -0.2) is 0 Å². The predicted molar refractivity (Wildman–Crippen MR) is 153 cm³/mol. The Bertz CT molecular complexity index is 1350. The third kappa shape index (κ3) is 4.96. The van der Waals surface area contributed by atoms with Gasteiger partial charge in [0, 0.05) is 74.5 Å². The predicted octanol–water partition coefficient (Wildman–Crippen LogP) is 4.95. The molecule has 3 fully saturated rings. The first kappa shape index (κ1) is 27.1. The fourth-order valence-corrected chi connectivity index (χ4v) is 6.66. The third-order valence-corrected chi connectivity index (χ3v) is 9.37. The summed E-state index contributed by atoms with van der Waals surface area (Å²) in [6, 6.07) is 10.4. The molecule has 2 aromatic heterocycles. The average Bonchev–Trinajstić information content (AvgIpc) is 3.63. The molecule has 1 aliphatic carbocycles. The van der Waals surface area contributed by atoms with E-state index in [2.05, 4.69) is 60.1 Å². The number of pyridine rings is 1. The second-order valence-corrected chi connectivity index (χ2v) is 12.9. The molecule has 1 N–H and O–H groups in total. The van der Waals surface area contributed by atoms with Crippen LogP contribution < -0.4 is 0 Å². The summed E-state index contributed by atoms with van der Waals surface area (Å²) < 4.78 is 5.69. The number of nitrogens with zero attached hydrogens (tertiary/aromatic N) is 5. The summed E-state index contributed by atoms with van der Waals surface area (Å²) in [5.41, 5.74) is 2.02. The Labute approximate surface area is 236 Å². The molecule has 1 atom stereocenters. The average molecular weight is 544 g/mol. The lowest BCUT2D eigenvalue weighted by atomic mass is 9.62. The molecule has 1 aromatic carbocycles. The molecule has 212 valence electrons. The molecule has 1 amide bonds. The van der Waals surface area contributed by atoms with Gasteiger partial charge in [-0.15, -0.1) is 0 Å². The summed E-state index contributed by atoms with van der Waals surface area (Å²) in [5.74, 6) is 2.55. The van der Waals surface area contributed by atoms with Crippen molar-refractivity contribution in [3.05, 3.63) is 65.3 Å². The highest BCUT2D eigenvalue weighted by molar-refractivity contribution is 5.73. The van der Waals surface area contributed by atoms with Crippen LogP contribution in [0, 0.1) is 11.3 Å². The molecule has 2 aliphatic heterocycles. The van der Waals surface area contributed by atoms with Crippen LogP contribution in [0.3, 0.4) is 0 Å². The van der Waals surface area contributed by atoms with E-state index in [0.717, 1.165) is 55.1 Å². The Morgan fingerprint density at radius 3 is 2.42 bits per heavy atom. The van der Waals surface area contributed by atoms with Gasteiger partial charge < -0.3 is 19.4 Å². The van der Waals surface area contributed by atoms with Gasteiger partial charge in [0.1, 0.15) is 5.60 Å². The molecule has 1 saturated carbocycles. The first-order valence-electron chi connectivity index (χ1n) is 14.8. The number of carbonyl (C=O) groups excluding carboxylic acids is 1. The Balaban J connectivity index is 1.30. The van der Waals surface area contributed by atoms with Gasteiger partial charge in [0.15, 0.2) is 0 Å². The van der Waals surface area contributed by atoms with Gasteiger partial charge in [0.05, 0.1) is 0 Å². The van der Waals surface area contributed by atoms with E-state index in [1.807, 2.05) is 11.0 Å². The van der Waals surface area contributed by atoms with Gasteiger partial charge in [-0.1, -0.05) is 50.2 Å². The summed E-state index contributed by atoms with van der Waals surface area (Å²) in [5, 5.41) is 17.0. The number of aliphatic hydroxyl groups is 1. The highest BCUT2D eigenvalue weighted by atomic mass is 16.5. The molecule has 3 aromatic rings. The van der Waals surface area contributed by atoms with E-state index in [-0.39, 0.29) is 17.2 Å². The zero-order valence-corrected chi connectivity index (χ0v) is 24.1. The highest BCUT2D eigenvalue weighted by Crippen LogP contribution is 2.51. The highest BCUT2D eigenvalue weighted by Gasteiger charge is 2.56. The first-order chi connectivity index (χ1) is 19.2. The normalized spacial score (nSPS) is 21.3. The van der Waals surface area contributed by atoms with Crippen LogP contribution in [0.4, 0.5) is 0 Å². The number of amides is 1.